The molecular weight excluding hydrogens is 327 g/mol. The highest BCUT2D eigenvalue weighted by Gasteiger charge is 2.36. The molecule has 1 aliphatic carbocycles. The molecule has 1 amide bonds. The van der Waals surface area contributed by atoms with E-state index in [-0.39, 0.29) is 35.0 Å². The summed E-state index contributed by atoms with van der Waals surface area (Å²) in [5.74, 6) is -0.210. The third-order valence-corrected chi connectivity index (χ3v) is 5.37. The molecular formula is C22H29FN2O. The van der Waals surface area contributed by atoms with Crippen LogP contribution >= 0.6 is 0 Å². The Morgan fingerprint density at radius 3 is 2.85 bits per heavy atom. The lowest BCUT2D eigenvalue weighted by Gasteiger charge is -2.36. The molecule has 1 unspecified atom stereocenters. The molecule has 2 aliphatic rings. The minimum Gasteiger partial charge on any atom is -0.326 e. The van der Waals surface area contributed by atoms with Crippen molar-refractivity contribution >= 4 is 11.6 Å². The van der Waals surface area contributed by atoms with E-state index >= 15 is 0 Å². The topological polar surface area (TPSA) is 41.1 Å². The summed E-state index contributed by atoms with van der Waals surface area (Å²) < 4.78 is 13.7. The number of piperidine rings is 1. The first-order chi connectivity index (χ1) is 12.3. The summed E-state index contributed by atoms with van der Waals surface area (Å²) in [5, 5.41) is 6.55. The summed E-state index contributed by atoms with van der Waals surface area (Å²) in [5.41, 5.74) is 2.06. The van der Waals surface area contributed by atoms with Crippen molar-refractivity contribution in [2.24, 2.45) is 11.8 Å². The second-order valence-corrected chi connectivity index (χ2v) is 8.42. The second kappa shape index (κ2) is 7.75. The number of amides is 1. The monoisotopic (exact) mass is 356 g/mol. The van der Waals surface area contributed by atoms with Crippen molar-refractivity contribution < 1.29 is 9.18 Å². The molecule has 0 saturated carbocycles. The van der Waals surface area contributed by atoms with Crippen LogP contribution in [-0.4, -0.2) is 18.5 Å². The molecule has 0 spiro atoms. The minimum atomic E-state index is -0.150. The standard InChI is InChI=1S/C22H29FN2O/c1-22(2,3)16-8-5-10-18(14-16)25-21(26)19-11-6-12-24-20(19)15-7-4-9-17(23)13-15/h4-5,7-10,14-15,19-20,24H,6,11-13H2,1-3H3,(H,25,26)/t15-,19+,20?/m1/s1. The molecule has 1 aromatic rings. The smallest absolute Gasteiger partial charge is 0.229 e. The molecule has 140 valence electrons. The molecule has 3 rings (SSSR count). The molecule has 2 N–H and O–H groups in total. The molecule has 0 bridgehead atoms. The van der Waals surface area contributed by atoms with Gasteiger partial charge in [-0.15, -0.1) is 0 Å². The Morgan fingerprint density at radius 2 is 2.12 bits per heavy atom. The van der Waals surface area contributed by atoms with E-state index in [2.05, 4.69) is 37.5 Å². The van der Waals surface area contributed by atoms with Gasteiger partial charge in [-0.2, -0.15) is 0 Å². The largest absolute Gasteiger partial charge is 0.326 e. The number of allylic oxidation sites excluding steroid dienone is 3. The highest BCUT2D eigenvalue weighted by atomic mass is 19.1. The van der Waals surface area contributed by atoms with Crippen LogP contribution in [0.1, 0.15) is 45.6 Å². The number of anilines is 1. The number of hydrogen-bond acceptors (Lipinski definition) is 2. The highest BCUT2D eigenvalue weighted by Crippen LogP contribution is 2.31. The summed E-state index contributed by atoms with van der Waals surface area (Å²) in [7, 11) is 0. The van der Waals surface area contributed by atoms with Gasteiger partial charge in [0, 0.05) is 18.2 Å². The fraction of sp³-hybridized carbons (Fsp3) is 0.500. The molecule has 1 aromatic carbocycles. The molecule has 1 aliphatic heterocycles. The zero-order chi connectivity index (χ0) is 18.7. The number of carbonyl (C=O) groups excluding carboxylic acids is 1. The van der Waals surface area contributed by atoms with Crippen LogP contribution in [0.15, 0.2) is 48.3 Å². The van der Waals surface area contributed by atoms with Crippen LogP contribution in [0.2, 0.25) is 0 Å². The van der Waals surface area contributed by atoms with E-state index < -0.39 is 0 Å². The maximum atomic E-state index is 13.7. The fourth-order valence-electron chi connectivity index (χ4n) is 3.87. The summed E-state index contributed by atoms with van der Waals surface area (Å²) in [4.78, 5) is 13.0. The van der Waals surface area contributed by atoms with Crippen molar-refractivity contribution in [2.75, 3.05) is 11.9 Å². The lowest BCUT2D eigenvalue weighted by Crippen LogP contribution is -2.50. The molecule has 1 heterocycles. The molecule has 3 atom stereocenters. The lowest BCUT2D eigenvalue weighted by atomic mass is 9.79. The van der Waals surface area contributed by atoms with Crippen LogP contribution < -0.4 is 10.6 Å². The third kappa shape index (κ3) is 4.42. The van der Waals surface area contributed by atoms with Crippen LogP contribution in [-0.2, 0) is 10.2 Å². The van der Waals surface area contributed by atoms with Crippen molar-refractivity contribution in [2.45, 2.75) is 51.5 Å². The van der Waals surface area contributed by atoms with E-state index in [1.54, 1.807) is 6.08 Å². The van der Waals surface area contributed by atoms with Crippen molar-refractivity contribution in [3.8, 4) is 0 Å². The molecule has 1 saturated heterocycles. The molecule has 0 radical (unpaired) electrons. The van der Waals surface area contributed by atoms with Gasteiger partial charge in [-0.25, -0.2) is 4.39 Å². The second-order valence-electron chi connectivity index (χ2n) is 8.42. The van der Waals surface area contributed by atoms with E-state index in [0.717, 1.165) is 25.1 Å². The zero-order valence-electron chi connectivity index (χ0n) is 15.9. The Bertz CT molecular complexity index is 717. The average Bonchev–Trinajstić information content (AvgIpc) is 2.61. The van der Waals surface area contributed by atoms with Crippen LogP contribution in [0, 0.1) is 11.8 Å². The summed E-state index contributed by atoms with van der Waals surface area (Å²) in [6.07, 6.45) is 7.46. The van der Waals surface area contributed by atoms with Crippen LogP contribution in [0.25, 0.3) is 0 Å². The van der Waals surface area contributed by atoms with Crippen molar-refractivity contribution in [3.05, 3.63) is 53.9 Å². The maximum Gasteiger partial charge on any atom is 0.229 e. The van der Waals surface area contributed by atoms with Gasteiger partial charge in [0.1, 0.15) is 5.83 Å². The van der Waals surface area contributed by atoms with Gasteiger partial charge >= 0.3 is 0 Å². The van der Waals surface area contributed by atoms with Gasteiger partial charge in [-0.3, -0.25) is 4.79 Å². The fourth-order valence-corrected chi connectivity index (χ4v) is 3.87. The van der Waals surface area contributed by atoms with Crippen LogP contribution in [0.3, 0.4) is 0 Å². The van der Waals surface area contributed by atoms with Crippen molar-refractivity contribution in [3.63, 3.8) is 0 Å². The van der Waals surface area contributed by atoms with E-state index in [0.29, 0.717) is 6.42 Å². The Kier molecular flexibility index (Phi) is 5.61. The first kappa shape index (κ1) is 18.8. The number of hydrogen-bond donors (Lipinski definition) is 2. The first-order valence-electron chi connectivity index (χ1n) is 9.52. The first-order valence-corrected chi connectivity index (χ1v) is 9.52. The van der Waals surface area contributed by atoms with Crippen LogP contribution in [0.5, 0.6) is 0 Å². The van der Waals surface area contributed by atoms with E-state index in [9.17, 15) is 9.18 Å². The van der Waals surface area contributed by atoms with Gasteiger partial charge in [-0.05, 0) is 54.5 Å². The normalized spacial score (nSPS) is 26.3. The highest BCUT2D eigenvalue weighted by molar-refractivity contribution is 5.93. The number of halogens is 1. The SMILES string of the molecule is CC(C)(C)c1cccc(NC(=O)[C@H]2CCCNC2[C@@H]2C=CC=C(F)C2)c1. The van der Waals surface area contributed by atoms with E-state index in [1.165, 1.54) is 11.6 Å². The molecule has 4 heteroatoms. The minimum absolute atomic E-state index is 0.0229. The van der Waals surface area contributed by atoms with Gasteiger partial charge in [-0.1, -0.05) is 45.1 Å². The Labute approximate surface area is 155 Å². The van der Waals surface area contributed by atoms with Crippen LogP contribution in [0.4, 0.5) is 10.1 Å². The quantitative estimate of drug-likeness (QED) is 0.823. The summed E-state index contributed by atoms with van der Waals surface area (Å²) in [6, 6.07) is 8.03. The molecule has 26 heavy (non-hydrogen) atoms. The van der Waals surface area contributed by atoms with Gasteiger partial charge in [0.2, 0.25) is 5.91 Å². The predicted molar refractivity (Wildman–Crippen MR) is 105 cm³/mol. The van der Waals surface area contributed by atoms with E-state index in [1.807, 2.05) is 24.3 Å². The van der Waals surface area contributed by atoms with Gasteiger partial charge in [0.25, 0.3) is 0 Å². The summed E-state index contributed by atoms with van der Waals surface area (Å²) >= 11 is 0. The van der Waals surface area contributed by atoms with Crippen molar-refractivity contribution in [1.82, 2.24) is 5.32 Å². The number of benzene rings is 1. The average molecular weight is 356 g/mol. The van der Waals surface area contributed by atoms with Gasteiger partial charge < -0.3 is 10.6 Å². The van der Waals surface area contributed by atoms with Crippen molar-refractivity contribution in [1.29, 1.82) is 0 Å². The Balaban J connectivity index is 1.73. The van der Waals surface area contributed by atoms with Gasteiger partial charge in [0.15, 0.2) is 0 Å². The lowest BCUT2D eigenvalue weighted by molar-refractivity contribution is -0.122. The number of carbonyl (C=O) groups is 1. The van der Waals surface area contributed by atoms with Gasteiger partial charge in [0.05, 0.1) is 5.92 Å². The predicted octanol–water partition coefficient (Wildman–Crippen LogP) is 4.72. The third-order valence-electron chi connectivity index (χ3n) is 5.37. The molecule has 3 nitrogen and oxygen atoms in total. The Morgan fingerprint density at radius 1 is 1.31 bits per heavy atom. The number of rotatable bonds is 3. The maximum absolute atomic E-state index is 13.7. The molecule has 1 fully saturated rings. The number of nitrogens with one attached hydrogen (secondary N) is 2. The zero-order valence-corrected chi connectivity index (χ0v) is 15.9. The Hall–Kier alpha value is -1.94. The molecule has 0 aromatic heterocycles. The van der Waals surface area contributed by atoms with E-state index in [4.69, 9.17) is 0 Å². The summed E-state index contributed by atoms with van der Waals surface area (Å²) in [6.45, 7) is 7.36.